The zero-order valence-electron chi connectivity index (χ0n) is 12.9. The largest absolute Gasteiger partial charge is 0.469 e. The van der Waals surface area contributed by atoms with Gasteiger partial charge in [0.05, 0.1) is 13.7 Å². The minimum Gasteiger partial charge on any atom is -0.469 e. The fraction of sp³-hybridized carbons (Fsp3) is 0.600. The number of esters is 1. The van der Waals surface area contributed by atoms with Crippen LogP contribution in [0.2, 0.25) is 0 Å². The predicted molar refractivity (Wildman–Crippen MR) is 87.6 cm³/mol. The average molecular weight is 311 g/mol. The quantitative estimate of drug-likeness (QED) is 0.318. The lowest BCUT2D eigenvalue weighted by atomic mass is 10.2. The number of hydrogen-bond acceptors (Lipinski definition) is 4. The summed E-state index contributed by atoms with van der Waals surface area (Å²) in [5.41, 5.74) is 1.23. The number of ether oxygens (including phenoxy) is 1. The van der Waals surface area contributed by atoms with Gasteiger partial charge in [-0.15, -0.1) is 0 Å². The maximum Gasteiger partial charge on any atom is 0.305 e. The lowest BCUT2D eigenvalue weighted by Crippen LogP contribution is -2.37. The van der Waals surface area contributed by atoms with Crippen molar-refractivity contribution in [2.75, 3.05) is 20.2 Å². The third-order valence-corrected chi connectivity index (χ3v) is 3.65. The molecule has 2 N–H and O–H groups in total. The van der Waals surface area contributed by atoms with E-state index in [1.165, 1.54) is 12.7 Å². The Morgan fingerprint density at radius 2 is 2.19 bits per heavy atom. The number of aliphatic imine (C=N–C) groups is 1. The highest BCUT2D eigenvalue weighted by molar-refractivity contribution is 7.07. The number of nitrogens with one attached hydrogen (secondary N) is 2. The average Bonchev–Trinajstić information content (AvgIpc) is 3.01. The Balaban J connectivity index is 2.18. The number of thiophene rings is 1. The maximum absolute atomic E-state index is 11.0. The second-order valence-electron chi connectivity index (χ2n) is 4.64. The van der Waals surface area contributed by atoms with Gasteiger partial charge in [0, 0.05) is 19.5 Å². The van der Waals surface area contributed by atoms with E-state index in [0.29, 0.717) is 13.0 Å². The first-order valence-electron chi connectivity index (χ1n) is 7.36. The van der Waals surface area contributed by atoms with Gasteiger partial charge in [-0.2, -0.15) is 11.3 Å². The van der Waals surface area contributed by atoms with E-state index in [1.807, 2.05) is 0 Å². The molecule has 0 radical (unpaired) electrons. The van der Waals surface area contributed by atoms with Crippen molar-refractivity contribution in [2.24, 2.45) is 4.99 Å². The molecule has 1 aromatic heterocycles. The van der Waals surface area contributed by atoms with E-state index in [2.05, 4.69) is 44.1 Å². The highest BCUT2D eigenvalue weighted by atomic mass is 32.1. The predicted octanol–water partition coefficient (Wildman–Crippen LogP) is 2.54. The fourth-order valence-corrected chi connectivity index (χ4v) is 2.43. The van der Waals surface area contributed by atoms with E-state index in [4.69, 9.17) is 0 Å². The van der Waals surface area contributed by atoms with E-state index in [0.717, 1.165) is 38.3 Å². The first-order chi connectivity index (χ1) is 10.3. The molecule has 0 saturated heterocycles. The van der Waals surface area contributed by atoms with Gasteiger partial charge in [0.15, 0.2) is 5.96 Å². The van der Waals surface area contributed by atoms with Crippen molar-refractivity contribution in [1.82, 2.24) is 10.6 Å². The van der Waals surface area contributed by atoms with Gasteiger partial charge in [0.25, 0.3) is 0 Å². The first kappa shape index (κ1) is 17.5. The van der Waals surface area contributed by atoms with E-state index in [1.54, 1.807) is 11.3 Å². The summed E-state index contributed by atoms with van der Waals surface area (Å²) in [5, 5.41) is 10.7. The zero-order valence-corrected chi connectivity index (χ0v) is 13.7. The van der Waals surface area contributed by atoms with Gasteiger partial charge < -0.3 is 15.4 Å². The third-order valence-electron chi connectivity index (χ3n) is 2.92. The van der Waals surface area contributed by atoms with E-state index in [9.17, 15) is 4.79 Å². The fourth-order valence-electron chi connectivity index (χ4n) is 1.77. The van der Waals surface area contributed by atoms with E-state index in [-0.39, 0.29) is 5.97 Å². The normalized spacial score (nSPS) is 11.2. The molecule has 6 heteroatoms. The van der Waals surface area contributed by atoms with Crippen molar-refractivity contribution < 1.29 is 9.53 Å². The second-order valence-corrected chi connectivity index (χ2v) is 5.42. The number of nitrogens with zero attached hydrogens (tertiary/aromatic N) is 1. The summed E-state index contributed by atoms with van der Waals surface area (Å²) >= 11 is 1.69. The third kappa shape index (κ3) is 8.34. The molecule has 0 fully saturated rings. The highest BCUT2D eigenvalue weighted by Crippen LogP contribution is 2.06. The molecule has 1 aromatic rings. The Kier molecular flexibility index (Phi) is 9.28. The number of carbonyl (C=O) groups excluding carboxylic acids is 1. The van der Waals surface area contributed by atoms with Gasteiger partial charge in [-0.05, 0) is 42.2 Å². The zero-order chi connectivity index (χ0) is 15.3. The molecule has 0 unspecified atom stereocenters. The molecule has 0 spiro atoms. The van der Waals surface area contributed by atoms with Crippen LogP contribution in [-0.2, 0) is 16.1 Å². The Hall–Kier alpha value is -1.56. The molecule has 0 aliphatic carbocycles. The standard InChI is InChI=1S/C15H25N3O2S/c1-3-16-15(18-11-13-8-10-21-12-13)17-9-6-4-5-7-14(19)20-2/h8,10,12H,3-7,9,11H2,1-2H3,(H2,16,17,18). The van der Waals surface area contributed by atoms with Gasteiger partial charge in [-0.3, -0.25) is 4.79 Å². The van der Waals surface area contributed by atoms with Crippen LogP contribution in [0.15, 0.2) is 21.8 Å². The molecule has 5 nitrogen and oxygen atoms in total. The number of hydrogen-bond donors (Lipinski definition) is 2. The number of unbranched alkanes of at least 4 members (excludes halogenated alkanes) is 2. The summed E-state index contributed by atoms with van der Waals surface area (Å²) in [6.45, 7) is 4.45. The van der Waals surface area contributed by atoms with Crippen LogP contribution in [0.1, 0.15) is 38.2 Å². The Morgan fingerprint density at radius 3 is 2.86 bits per heavy atom. The van der Waals surface area contributed by atoms with Crippen LogP contribution >= 0.6 is 11.3 Å². The number of guanidine groups is 1. The van der Waals surface area contributed by atoms with Gasteiger partial charge in [-0.25, -0.2) is 4.99 Å². The van der Waals surface area contributed by atoms with Crippen LogP contribution in [-0.4, -0.2) is 32.1 Å². The van der Waals surface area contributed by atoms with Gasteiger partial charge in [0.2, 0.25) is 0 Å². The molecule has 21 heavy (non-hydrogen) atoms. The topological polar surface area (TPSA) is 62.7 Å². The lowest BCUT2D eigenvalue weighted by Gasteiger charge is -2.10. The van der Waals surface area contributed by atoms with Crippen LogP contribution in [0.5, 0.6) is 0 Å². The molecule has 1 heterocycles. The number of carbonyl (C=O) groups is 1. The van der Waals surface area contributed by atoms with Gasteiger partial charge >= 0.3 is 5.97 Å². The molecular formula is C15H25N3O2S. The van der Waals surface area contributed by atoms with Gasteiger partial charge in [0.1, 0.15) is 0 Å². The Labute approximate surface area is 130 Å². The summed E-state index contributed by atoms with van der Waals surface area (Å²) in [6, 6.07) is 2.09. The summed E-state index contributed by atoms with van der Waals surface area (Å²) in [4.78, 5) is 15.5. The number of methoxy groups -OCH3 is 1. The van der Waals surface area contributed by atoms with Crippen molar-refractivity contribution in [3.8, 4) is 0 Å². The molecule has 0 atom stereocenters. The van der Waals surface area contributed by atoms with Crippen LogP contribution in [0, 0.1) is 0 Å². The molecule has 0 saturated carbocycles. The molecule has 0 bridgehead atoms. The number of rotatable bonds is 9. The van der Waals surface area contributed by atoms with Crippen molar-refractivity contribution >= 4 is 23.3 Å². The Bertz CT molecular complexity index is 419. The highest BCUT2D eigenvalue weighted by Gasteiger charge is 2.00. The van der Waals surface area contributed by atoms with Crippen molar-refractivity contribution in [2.45, 2.75) is 39.2 Å². The van der Waals surface area contributed by atoms with E-state index >= 15 is 0 Å². The van der Waals surface area contributed by atoms with Crippen LogP contribution < -0.4 is 10.6 Å². The minimum atomic E-state index is -0.131. The van der Waals surface area contributed by atoms with Crippen molar-refractivity contribution in [3.63, 3.8) is 0 Å². The molecule has 118 valence electrons. The van der Waals surface area contributed by atoms with Crippen molar-refractivity contribution in [3.05, 3.63) is 22.4 Å². The summed E-state index contributed by atoms with van der Waals surface area (Å²) in [7, 11) is 1.43. The maximum atomic E-state index is 11.0. The molecule has 0 amide bonds. The lowest BCUT2D eigenvalue weighted by molar-refractivity contribution is -0.140. The Morgan fingerprint density at radius 1 is 1.33 bits per heavy atom. The molecule has 0 aliphatic rings. The smallest absolute Gasteiger partial charge is 0.305 e. The first-order valence-corrected chi connectivity index (χ1v) is 8.30. The molecular weight excluding hydrogens is 286 g/mol. The van der Waals surface area contributed by atoms with Crippen LogP contribution in [0.4, 0.5) is 0 Å². The van der Waals surface area contributed by atoms with Crippen molar-refractivity contribution in [1.29, 1.82) is 0 Å². The monoisotopic (exact) mass is 311 g/mol. The van der Waals surface area contributed by atoms with Crippen LogP contribution in [0.3, 0.4) is 0 Å². The minimum absolute atomic E-state index is 0.131. The molecule has 1 rings (SSSR count). The van der Waals surface area contributed by atoms with Gasteiger partial charge in [-0.1, -0.05) is 6.42 Å². The second kappa shape index (κ2) is 11.1. The molecule has 0 aliphatic heterocycles. The SMILES string of the molecule is CCNC(=NCc1ccsc1)NCCCCCC(=O)OC. The summed E-state index contributed by atoms with van der Waals surface area (Å²) < 4.78 is 4.61. The van der Waals surface area contributed by atoms with E-state index < -0.39 is 0 Å². The van der Waals surface area contributed by atoms with Crippen LogP contribution in [0.25, 0.3) is 0 Å². The summed E-state index contributed by atoms with van der Waals surface area (Å²) in [6.07, 6.45) is 3.39. The molecule has 0 aromatic carbocycles. The summed E-state index contributed by atoms with van der Waals surface area (Å²) in [5.74, 6) is 0.713.